The molecule has 112 valence electrons. The fraction of sp³-hybridized carbons (Fsp3) is 0.500. The summed E-state index contributed by atoms with van der Waals surface area (Å²) in [5, 5.41) is 0. The van der Waals surface area contributed by atoms with E-state index in [9.17, 15) is 0 Å². The third-order valence-electron chi connectivity index (χ3n) is 4.01. The Bertz CT molecular complexity index is 587. The number of oxazole rings is 1. The van der Waals surface area contributed by atoms with Gasteiger partial charge in [0.25, 0.3) is 0 Å². The van der Waals surface area contributed by atoms with E-state index in [1.807, 2.05) is 19.2 Å². The highest BCUT2D eigenvalue weighted by molar-refractivity contribution is 5.17. The van der Waals surface area contributed by atoms with Crippen LogP contribution in [0.2, 0.25) is 0 Å². The maximum absolute atomic E-state index is 5.26. The predicted molar refractivity (Wildman–Crippen MR) is 80.8 cm³/mol. The number of nitrogens with zero attached hydrogens (tertiary/aromatic N) is 4. The molecular weight excluding hydrogens is 264 g/mol. The van der Waals surface area contributed by atoms with Crippen molar-refractivity contribution in [1.82, 2.24) is 19.8 Å². The van der Waals surface area contributed by atoms with Gasteiger partial charge in [-0.2, -0.15) is 0 Å². The molecule has 3 rings (SSSR count). The van der Waals surface area contributed by atoms with Crippen molar-refractivity contribution in [3.8, 4) is 0 Å². The summed E-state index contributed by atoms with van der Waals surface area (Å²) in [5.41, 5.74) is 3.50. The molecule has 21 heavy (non-hydrogen) atoms. The molecule has 1 fully saturated rings. The maximum Gasteiger partial charge on any atom is 0.191 e. The average Bonchev–Trinajstić information content (AvgIpc) is 2.89. The van der Waals surface area contributed by atoms with E-state index in [-0.39, 0.29) is 0 Å². The number of pyridine rings is 1. The highest BCUT2D eigenvalue weighted by Crippen LogP contribution is 2.12. The summed E-state index contributed by atoms with van der Waals surface area (Å²) in [5.74, 6) is 0.745. The number of rotatable bonds is 4. The first-order valence-electron chi connectivity index (χ1n) is 7.47. The van der Waals surface area contributed by atoms with Crippen LogP contribution in [0.1, 0.15) is 22.8 Å². The summed E-state index contributed by atoms with van der Waals surface area (Å²) < 4.78 is 5.26. The number of aryl methyl sites for hydroxylation is 2. The van der Waals surface area contributed by atoms with E-state index in [2.05, 4.69) is 32.8 Å². The van der Waals surface area contributed by atoms with Crippen LogP contribution in [0.4, 0.5) is 0 Å². The van der Waals surface area contributed by atoms with E-state index < -0.39 is 0 Å². The maximum atomic E-state index is 5.26. The molecule has 0 saturated carbocycles. The molecule has 0 radical (unpaired) electrons. The molecule has 5 nitrogen and oxygen atoms in total. The van der Waals surface area contributed by atoms with Crippen LogP contribution in [-0.2, 0) is 13.1 Å². The molecule has 1 saturated heterocycles. The molecule has 0 spiro atoms. The fourth-order valence-electron chi connectivity index (χ4n) is 2.71. The first kappa shape index (κ1) is 14.2. The molecule has 2 aromatic heterocycles. The second kappa shape index (κ2) is 6.37. The summed E-state index contributed by atoms with van der Waals surface area (Å²) in [7, 11) is 0. The molecule has 3 heterocycles. The van der Waals surface area contributed by atoms with E-state index in [1.54, 1.807) is 6.26 Å². The molecule has 0 aromatic carbocycles. The van der Waals surface area contributed by atoms with Gasteiger partial charge in [-0.1, -0.05) is 6.07 Å². The number of hydrogen-bond acceptors (Lipinski definition) is 5. The van der Waals surface area contributed by atoms with Crippen molar-refractivity contribution in [3.05, 3.63) is 47.4 Å². The van der Waals surface area contributed by atoms with Gasteiger partial charge in [0.05, 0.1) is 11.4 Å². The lowest BCUT2D eigenvalue weighted by atomic mass is 10.2. The van der Waals surface area contributed by atoms with Crippen LogP contribution >= 0.6 is 0 Å². The third kappa shape index (κ3) is 3.68. The van der Waals surface area contributed by atoms with Crippen LogP contribution in [0.5, 0.6) is 0 Å². The minimum absolute atomic E-state index is 0.745. The van der Waals surface area contributed by atoms with Gasteiger partial charge < -0.3 is 4.42 Å². The quantitative estimate of drug-likeness (QED) is 0.860. The number of piperazine rings is 1. The fourth-order valence-corrected chi connectivity index (χ4v) is 2.71. The van der Waals surface area contributed by atoms with E-state index in [0.29, 0.717) is 0 Å². The van der Waals surface area contributed by atoms with Gasteiger partial charge in [0.2, 0.25) is 0 Å². The van der Waals surface area contributed by atoms with Crippen LogP contribution in [0, 0.1) is 13.8 Å². The molecule has 0 bridgehead atoms. The van der Waals surface area contributed by atoms with Crippen LogP contribution < -0.4 is 0 Å². The monoisotopic (exact) mass is 286 g/mol. The number of hydrogen-bond donors (Lipinski definition) is 0. The summed E-state index contributed by atoms with van der Waals surface area (Å²) in [4.78, 5) is 13.8. The molecule has 1 aliphatic rings. The van der Waals surface area contributed by atoms with E-state index in [1.165, 1.54) is 11.3 Å². The Hall–Kier alpha value is -1.72. The Morgan fingerprint density at radius 1 is 1.10 bits per heavy atom. The van der Waals surface area contributed by atoms with Crippen molar-refractivity contribution >= 4 is 0 Å². The Morgan fingerprint density at radius 3 is 2.43 bits per heavy atom. The second-order valence-corrected chi connectivity index (χ2v) is 5.68. The molecule has 2 aromatic rings. The minimum atomic E-state index is 0.745. The Labute approximate surface area is 125 Å². The zero-order valence-corrected chi connectivity index (χ0v) is 12.7. The minimum Gasteiger partial charge on any atom is -0.449 e. The van der Waals surface area contributed by atoms with Gasteiger partial charge in [-0.15, -0.1) is 0 Å². The van der Waals surface area contributed by atoms with Crippen LogP contribution in [0.15, 0.2) is 29.0 Å². The summed E-state index contributed by atoms with van der Waals surface area (Å²) in [6.45, 7) is 10.1. The van der Waals surface area contributed by atoms with Crippen LogP contribution in [-0.4, -0.2) is 45.9 Å². The lowest BCUT2D eigenvalue weighted by Crippen LogP contribution is -2.45. The van der Waals surface area contributed by atoms with Gasteiger partial charge in [0.15, 0.2) is 5.89 Å². The normalized spacial score (nSPS) is 17.2. The molecular formula is C16H22N4O. The predicted octanol–water partition coefficient (Wildman–Crippen LogP) is 2.00. The van der Waals surface area contributed by atoms with Crippen LogP contribution in [0.3, 0.4) is 0 Å². The van der Waals surface area contributed by atoms with Gasteiger partial charge in [-0.25, -0.2) is 4.98 Å². The first-order chi connectivity index (χ1) is 10.2. The smallest absolute Gasteiger partial charge is 0.191 e. The van der Waals surface area contributed by atoms with Crippen molar-refractivity contribution < 1.29 is 4.42 Å². The Morgan fingerprint density at radius 2 is 1.81 bits per heavy atom. The summed E-state index contributed by atoms with van der Waals surface area (Å²) in [6.07, 6.45) is 3.64. The van der Waals surface area contributed by atoms with Crippen molar-refractivity contribution in [2.45, 2.75) is 26.9 Å². The van der Waals surface area contributed by atoms with Gasteiger partial charge in [0, 0.05) is 52.4 Å². The molecule has 1 aliphatic heterocycles. The second-order valence-electron chi connectivity index (χ2n) is 5.68. The van der Waals surface area contributed by atoms with Gasteiger partial charge in [-0.05, 0) is 18.6 Å². The lowest BCUT2D eigenvalue weighted by Gasteiger charge is -2.34. The van der Waals surface area contributed by atoms with E-state index in [0.717, 1.165) is 50.9 Å². The van der Waals surface area contributed by atoms with Crippen molar-refractivity contribution in [3.63, 3.8) is 0 Å². The zero-order valence-electron chi connectivity index (χ0n) is 12.7. The summed E-state index contributed by atoms with van der Waals surface area (Å²) in [6, 6.07) is 4.13. The third-order valence-corrected chi connectivity index (χ3v) is 4.01. The lowest BCUT2D eigenvalue weighted by molar-refractivity contribution is 0.120. The standard InChI is InChI=1S/C16H22N4O/c1-13-4-3-5-17-16(13)11-20-8-6-19(7-9-20)10-15-12-21-14(2)18-15/h3-5,12H,6-11H2,1-2H3. The van der Waals surface area contributed by atoms with Gasteiger partial charge in [0.1, 0.15) is 6.26 Å². The molecule has 0 atom stereocenters. The highest BCUT2D eigenvalue weighted by Gasteiger charge is 2.18. The molecule has 0 N–H and O–H groups in total. The van der Waals surface area contributed by atoms with Gasteiger partial charge >= 0.3 is 0 Å². The van der Waals surface area contributed by atoms with E-state index >= 15 is 0 Å². The molecule has 0 unspecified atom stereocenters. The summed E-state index contributed by atoms with van der Waals surface area (Å²) >= 11 is 0. The molecule has 5 heteroatoms. The van der Waals surface area contributed by atoms with Crippen LogP contribution in [0.25, 0.3) is 0 Å². The molecule has 0 amide bonds. The largest absolute Gasteiger partial charge is 0.449 e. The Kier molecular flexibility index (Phi) is 4.31. The topological polar surface area (TPSA) is 45.4 Å². The van der Waals surface area contributed by atoms with E-state index in [4.69, 9.17) is 4.42 Å². The molecule has 0 aliphatic carbocycles. The SMILES string of the molecule is Cc1nc(CN2CCN(Cc3ncccc3C)CC2)co1. The van der Waals surface area contributed by atoms with Gasteiger partial charge in [-0.3, -0.25) is 14.8 Å². The van der Waals surface area contributed by atoms with Crippen molar-refractivity contribution in [2.75, 3.05) is 26.2 Å². The zero-order chi connectivity index (χ0) is 14.7. The van der Waals surface area contributed by atoms with Crippen molar-refractivity contribution in [2.24, 2.45) is 0 Å². The first-order valence-corrected chi connectivity index (χ1v) is 7.47. The highest BCUT2D eigenvalue weighted by atomic mass is 16.3. The van der Waals surface area contributed by atoms with Crippen molar-refractivity contribution in [1.29, 1.82) is 0 Å². The average molecular weight is 286 g/mol. The number of aromatic nitrogens is 2. The Balaban J connectivity index is 1.50.